The van der Waals surface area contributed by atoms with Crippen LogP contribution in [0.2, 0.25) is 5.02 Å². The first-order valence-electron chi connectivity index (χ1n) is 7.18. The molecule has 1 atom stereocenters. The van der Waals surface area contributed by atoms with Crippen LogP contribution in [-0.2, 0) is 0 Å². The van der Waals surface area contributed by atoms with Gasteiger partial charge in [0.1, 0.15) is 15.4 Å². The van der Waals surface area contributed by atoms with Crippen LogP contribution in [0, 0.1) is 11.9 Å². The zero-order valence-corrected chi connectivity index (χ0v) is 14.2. The summed E-state index contributed by atoms with van der Waals surface area (Å²) in [6.07, 6.45) is 0. The van der Waals surface area contributed by atoms with Crippen molar-refractivity contribution in [3.05, 3.63) is 46.9 Å². The van der Waals surface area contributed by atoms with E-state index >= 15 is 0 Å². The van der Waals surface area contributed by atoms with Crippen molar-refractivity contribution in [1.29, 1.82) is 0 Å². The minimum atomic E-state index is -0.484. The Hall–Kier alpha value is -1.52. The molecule has 3 rings (SSSR count). The zero-order valence-electron chi connectivity index (χ0n) is 12.6. The number of benzene rings is 1. The normalized spacial score (nSPS) is 13.0. The molecule has 114 valence electrons. The number of rotatable bonds is 3. The number of pyridine rings is 1. The highest BCUT2D eigenvalue weighted by Gasteiger charge is 2.15. The molecule has 0 fully saturated rings. The molecule has 0 saturated carbocycles. The molecule has 0 radical (unpaired) electrons. The average molecular weight is 335 g/mol. The third kappa shape index (κ3) is 2.85. The summed E-state index contributed by atoms with van der Waals surface area (Å²) in [6.45, 7) is 6.54. The van der Waals surface area contributed by atoms with Crippen LogP contribution in [0.3, 0.4) is 0 Å². The standard InChI is InChI=1S/C17H16ClFN2S/c1-9(2)10(3)12-5-4-11(8-13(12)18)16-20-14-6-7-15(19)21-17(14)22-16/h4-10H,1-3H3. The van der Waals surface area contributed by atoms with Crippen LogP contribution in [0.15, 0.2) is 30.3 Å². The van der Waals surface area contributed by atoms with Crippen LogP contribution in [-0.4, -0.2) is 9.97 Å². The molecule has 1 aromatic carbocycles. The fourth-order valence-electron chi connectivity index (χ4n) is 2.31. The van der Waals surface area contributed by atoms with Crippen LogP contribution in [0.5, 0.6) is 0 Å². The number of nitrogens with zero attached hydrogens (tertiary/aromatic N) is 2. The van der Waals surface area contributed by atoms with E-state index in [2.05, 4.69) is 36.8 Å². The topological polar surface area (TPSA) is 25.8 Å². The van der Waals surface area contributed by atoms with Crippen LogP contribution in [0.25, 0.3) is 20.9 Å². The van der Waals surface area contributed by atoms with Gasteiger partial charge >= 0.3 is 0 Å². The quantitative estimate of drug-likeness (QED) is 0.556. The molecule has 2 heterocycles. The molecule has 0 N–H and O–H groups in total. The maximum atomic E-state index is 13.2. The monoisotopic (exact) mass is 334 g/mol. The molecule has 5 heteroatoms. The number of hydrogen-bond donors (Lipinski definition) is 0. The van der Waals surface area contributed by atoms with Crippen molar-refractivity contribution < 1.29 is 4.39 Å². The first-order chi connectivity index (χ1) is 10.5. The van der Waals surface area contributed by atoms with Gasteiger partial charge in [-0.2, -0.15) is 4.39 Å². The Balaban J connectivity index is 2.02. The molecule has 0 aliphatic rings. The number of hydrogen-bond acceptors (Lipinski definition) is 3. The van der Waals surface area contributed by atoms with Gasteiger partial charge in [0.2, 0.25) is 5.95 Å². The van der Waals surface area contributed by atoms with Crippen LogP contribution in [0.1, 0.15) is 32.3 Å². The Morgan fingerprint density at radius 1 is 1.09 bits per heavy atom. The molecule has 0 amide bonds. The molecule has 0 aliphatic carbocycles. The van der Waals surface area contributed by atoms with Crippen LogP contribution < -0.4 is 0 Å². The third-order valence-electron chi connectivity index (χ3n) is 3.96. The van der Waals surface area contributed by atoms with Crippen molar-refractivity contribution >= 4 is 33.3 Å². The smallest absolute Gasteiger partial charge is 0.214 e. The summed E-state index contributed by atoms with van der Waals surface area (Å²) in [5.41, 5.74) is 2.79. The molecule has 2 aromatic heterocycles. The lowest BCUT2D eigenvalue weighted by atomic mass is 9.90. The maximum Gasteiger partial charge on any atom is 0.214 e. The summed E-state index contributed by atoms with van der Waals surface area (Å²) in [7, 11) is 0. The first-order valence-corrected chi connectivity index (χ1v) is 8.38. The van der Waals surface area contributed by atoms with E-state index in [4.69, 9.17) is 11.6 Å². The summed E-state index contributed by atoms with van der Waals surface area (Å²) >= 11 is 7.82. The van der Waals surface area contributed by atoms with E-state index < -0.39 is 5.95 Å². The molecule has 2 nitrogen and oxygen atoms in total. The van der Waals surface area contributed by atoms with Crippen molar-refractivity contribution in [2.45, 2.75) is 26.7 Å². The Bertz CT molecular complexity index is 829. The molecule has 0 spiro atoms. The van der Waals surface area contributed by atoms with Gasteiger partial charge in [0.05, 0.1) is 0 Å². The molecule has 22 heavy (non-hydrogen) atoms. The van der Waals surface area contributed by atoms with Crippen molar-refractivity contribution in [2.75, 3.05) is 0 Å². The number of halogens is 2. The molecular formula is C17H16ClFN2S. The van der Waals surface area contributed by atoms with E-state index in [-0.39, 0.29) is 0 Å². The SMILES string of the molecule is CC(C)C(C)c1ccc(-c2nc3ccc(F)nc3s2)cc1Cl. The van der Waals surface area contributed by atoms with E-state index in [1.807, 2.05) is 12.1 Å². The predicted molar refractivity (Wildman–Crippen MR) is 91.1 cm³/mol. The second-order valence-corrected chi connectivity index (χ2v) is 7.13. The summed E-state index contributed by atoms with van der Waals surface area (Å²) in [5.74, 6) is 0.437. The highest BCUT2D eigenvalue weighted by atomic mass is 35.5. The van der Waals surface area contributed by atoms with Crippen LogP contribution in [0.4, 0.5) is 4.39 Å². The maximum absolute atomic E-state index is 13.2. The Morgan fingerprint density at radius 3 is 2.55 bits per heavy atom. The van der Waals surface area contributed by atoms with Crippen molar-refractivity contribution in [3.63, 3.8) is 0 Å². The molecular weight excluding hydrogens is 319 g/mol. The van der Waals surface area contributed by atoms with E-state index in [1.165, 1.54) is 17.4 Å². The lowest BCUT2D eigenvalue weighted by Gasteiger charge is -2.17. The average Bonchev–Trinajstić information content (AvgIpc) is 2.89. The Kier molecular flexibility index (Phi) is 4.15. The largest absolute Gasteiger partial charge is 0.234 e. The van der Waals surface area contributed by atoms with Crippen molar-refractivity contribution in [2.24, 2.45) is 5.92 Å². The number of aromatic nitrogens is 2. The lowest BCUT2D eigenvalue weighted by molar-refractivity contribution is 0.535. The van der Waals surface area contributed by atoms with Gasteiger partial charge in [-0.15, -0.1) is 0 Å². The molecule has 3 aromatic rings. The van der Waals surface area contributed by atoms with Crippen molar-refractivity contribution in [3.8, 4) is 10.6 Å². The summed E-state index contributed by atoms with van der Waals surface area (Å²) in [4.78, 5) is 8.98. The fraction of sp³-hybridized carbons (Fsp3) is 0.294. The van der Waals surface area contributed by atoms with Gasteiger partial charge in [-0.1, -0.05) is 55.8 Å². The Labute approximate surface area is 138 Å². The summed E-state index contributed by atoms with van der Waals surface area (Å²) in [6, 6.07) is 8.99. The van der Waals surface area contributed by atoms with Gasteiger partial charge in [-0.05, 0) is 35.6 Å². The van der Waals surface area contributed by atoms with Gasteiger partial charge in [0.15, 0.2) is 0 Å². The van der Waals surface area contributed by atoms with Crippen molar-refractivity contribution in [1.82, 2.24) is 9.97 Å². The fourth-order valence-corrected chi connectivity index (χ4v) is 3.58. The van der Waals surface area contributed by atoms with E-state index in [9.17, 15) is 4.39 Å². The highest BCUT2D eigenvalue weighted by molar-refractivity contribution is 7.21. The number of thiazole rings is 1. The molecule has 0 bridgehead atoms. The highest BCUT2D eigenvalue weighted by Crippen LogP contribution is 2.35. The minimum Gasteiger partial charge on any atom is -0.234 e. The summed E-state index contributed by atoms with van der Waals surface area (Å²) < 4.78 is 13.2. The summed E-state index contributed by atoms with van der Waals surface area (Å²) in [5, 5.41) is 1.55. The minimum absolute atomic E-state index is 0.396. The third-order valence-corrected chi connectivity index (χ3v) is 5.30. The number of fused-ring (bicyclic) bond motifs is 1. The van der Waals surface area contributed by atoms with E-state index in [0.717, 1.165) is 21.2 Å². The molecule has 0 saturated heterocycles. The second-order valence-electron chi connectivity index (χ2n) is 5.75. The van der Waals surface area contributed by atoms with Crippen LogP contribution >= 0.6 is 22.9 Å². The molecule has 1 unspecified atom stereocenters. The van der Waals surface area contributed by atoms with Gasteiger partial charge in [0.25, 0.3) is 0 Å². The lowest BCUT2D eigenvalue weighted by Crippen LogP contribution is -2.02. The van der Waals surface area contributed by atoms with Gasteiger partial charge < -0.3 is 0 Å². The predicted octanol–water partition coefficient (Wildman–Crippen LogP) is 5.91. The second kappa shape index (κ2) is 5.94. The van der Waals surface area contributed by atoms with Gasteiger partial charge in [-0.3, -0.25) is 0 Å². The molecule has 0 aliphatic heterocycles. The van der Waals surface area contributed by atoms with E-state index in [1.54, 1.807) is 6.07 Å². The van der Waals surface area contributed by atoms with E-state index in [0.29, 0.717) is 22.2 Å². The van der Waals surface area contributed by atoms with Gasteiger partial charge in [-0.25, -0.2) is 9.97 Å². The first kappa shape index (κ1) is 15.4. The zero-order chi connectivity index (χ0) is 15.9. The van der Waals surface area contributed by atoms with Gasteiger partial charge in [0, 0.05) is 10.6 Å². The Morgan fingerprint density at radius 2 is 1.86 bits per heavy atom.